The molecule has 0 rings (SSSR count). The Morgan fingerprint density at radius 3 is 2.22 bits per heavy atom. The van der Waals surface area contributed by atoms with Gasteiger partial charge in [-0.3, -0.25) is 4.90 Å². The predicted octanol–water partition coefficient (Wildman–Crippen LogP) is 1.30. The van der Waals surface area contributed by atoms with Crippen molar-refractivity contribution in [1.29, 1.82) is 0 Å². The summed E-state index contributed by atoms with van der Waals surface area (Å²) < 4.78 is 11.7. The first-order valence-electron chi connectivity index (χ1n) is 2.65. The summed E-state index contributed by atoms with van der Waals surface area (Å²) in [6.07, 6.45) is -1.22. The average molecular weight is 135 g/mol. The number of nitrogens with zero attached hydrogens (tertiary/aromatic N) is 1. The van der Waals surface area contributed by atoms with Gasteiger partial charge in [-0.15, -0.1) is 0 Å². The molecule has 0 aromatic rings. The molecule has 54 valence electrons. The highest BCUT2D eigenvalue weighted by Crippen LogP contribution is 1.97. The normalized spacial score (nSPS) is 9.78. The first-order chi connectivity index (χ1) is 4.09. The topological polar surface area (TPSA) is 40.5 Å². The summed E-state index contributed by atoms with van der Waals surface area (Å²) in [6.45, 7) is 2.30. The van der Waals surface area contributed by atoms with Crippen LogP contribution in [0.2, 0.25) is 0 Å². The van der Waals surface area contributed by atoms with Crippen molar-refractivity contribution < 1.29 is 14.3 Å². The summed E-state index contributed by atoms with van der Waals surface area (Å²) in [5.74, 6) is 0. The molecule has 0 atom stereocenters. The van der Waals surface area contributed by atoms with Crippen molar-refractivity contribution in [2.24, 2.45) is 0 Å². The van der Waals surface area contributed by atoms with E-state index in [2.05, 4.69) is 0 Å². The van der Waals surface area contributed by atoms with Crippen LogP contribution in [0.1, 0.15) is 13.8 Å². The van der Waals surface area contributed by atoms with Crippen LogP contribution in [-0.2, 0) is 0 Å². The van der Waals surface area contributed by atoms with E-state index < -0.39 is 12.9 Å². The van der Waals surface area contributed by atoms with Crippen molar-refractivity contribution in [3.8, 4) is 0 Å². The van der Waals surface area contributed by atoms with Crippen molar-refractivity contribution in [2.45, 2.75) is 19.9 Å². The molecule has 0 aromatic carbocycles. The molecular formula is C5H10FNO2. The van der Waals surface area contributed by atoms with Gasteiger partial charge in [-0.2, -0.15) is 0 Å². The Labute approximate surface area is 53.1 Å². The number of carboxylic acid groups (broad SMARTS) is 1. The molecule has 0 saturated heterocycles. The van der Waals surface area contributed by atoms with E-state index in [4.69, 9.17) is 5.11 Å². The second kappa shape index (κ2) is 3.27. The molecule has 0 bridgehead atoms. The number of amides is 1. The maximum atomic E-state index is 11.7. The molecule has 0 heterocycles. The summed E-state index contributed by atoms with van der Waals surface area (Å²) in [5, 5.41) is 8.23. The average Bonchev–Trinajstić information content (AvgIpc) is 1.64. The molecule has 0 unspecified atom stereocenters. The van der Waals surface area contributed by atoms with Crippen LogP contribution >= 0.6 is 0 Å². The van der Waals surface area contributed by atoms with Gasteiger partial charge >= 0.3 is 6.09 Å². The third kappa shape index (κ3) is 2.30. The third-order valence-electron chi connectivity index (χ3n) is 0.998. The number of alkyl halides is 1. The molecule has 1 amide bonds. The number of carbonyl (C=O) groups is 1. The number of hydrogen-bond acceptors (Lipinski definition) is 1. The quantitative estimate of drug-likeness (QED) is 0.580. The van der Waals surface area contributed by atoms with Crippen LogP contribution in [0.15, 0.2) is 0 Å². The first-order valence-corrected chi connectivity index (χ1v) is 2.65. The van der Waals surface area contributed by atoms with E-state index >= 15 is 0 Å². The zero-order chi connectivity index (χ0) is 7.44. The Hall–Kier alpha value is -0.800. The van der Waals surface area contributed by atoms with Gasteiger partial charge in [0.25, 0.3) is 0 Å². The van der Waals surface area contributed by atoms with Gasteiger partial charge in [0.15, 0.2) is 6.80 Å². The second-order valence-corrected chi connectivity index (χ2v) is 1.97. The van der Waals surface area contributed by atoms with Crippen LogP contribution < -0.4 is 0 Å². The minimum Gasteiger partial charge on any atom is -0.465 e. The standard InChI is InChI=1S/C5H10FNO2/c1-4(2)7(3-6)5(8)9/h4H,3H2,1-2H3,(H,8,9). The Morgan fingerprint density at radius 2 is 2.22 bits per heavy atom. The molecule has 0 aliphatic heterocycles. The molecule has 0 fully saturated rings. The van der Waals surface area contributed by atoms with Gasteiger partial charge in [-0.25, -0.2) is 9.18 Å². The zero-order valence-electron chi connectivity index (χ0n) is 5.47. The van der Waals surface area contributed by atoms with Gasteiger partial charge in [-0.05, 0) is 13.8 Å². The third-order valence-corrected chi connectivity index (χ3v) is 0.998. The summed E-state index contributed by atoms with van der Waals surface area (Å²) >= 11 is 0. The summed E-state index contributed by atoms with van der Waals surface area (Å²) in [5.41, 5.74) is 0. The fourth-order valence-corrected chi connectivity index (χ4v) is 0.410. The number of hydrogen-bond donors (Lipinski definition) is 1. The molecular weight excluding hydrogens is 125 g/mol. The first kappa shape index (κ1) is 8.20. The van der Waals surface area contributed by atoms with E-state index in [-0.39, 0.29) is 6.04 Å². The van der Waals surface area contributed by atoms with E-state index in [0.717, 1.165) is 0 Å². The fraction of sp³-hybridized carbons (Fsp3) is 0.800. The minimum atomic E-state index is -1.22. The van der Waals surface area contributed by atoms with E-state index in [1.165, 1.54) is 0 Å². The van der Waals surface area contributed by atoms with Crippen molar-refractivity contribution in [3.05, 3.63) is 0 Å². The van der Waals surface area contributed by atoms with Gasteiger partial charge in [0, 0.05) is 6.04 Å². The fourth-order valence-electron chi connectivity index (χ4n) is 0.410. The van der Waals surface area contributed by atoms with Gasteiger partial charge < -0.3 is 5.11 Å². The molecule has 0 spiro atoms. The largest absolute Gasteiger partial charge is 0.465 e. The minimum absolute atomic E-state index is 0.285. The van der Waals surface area contributed by atoms with Gasteiger partial charge in [-0.1, -0.05) is 0 Å². The lowest BCUT2D eigenvalue weighted by Gasteiger charge is -2.18. The molecule has 4 heteroatoms. The molecule has 0 aliphatic carbocycles. The van der Waals surface area contributed by atoms with E-state index in [9.17, 15) is 9.18 Å². The highest BCUT2D eigenvalue weighted by atomic mass is 19.1. The van der Waals surface area contributed by atoms with E-state index in [0.29, 0.717) is 4.90 Å². The van der Waals surface area contributed by atoms with Gasteiger partial charge in [0.1, 0.15) is 0 Å². The van der Waals surface area contributed by atoms with E-state index in [1.807, 2.05) is 0 Å². The highest BCUT2D eigenvalue weighted by Gasteiger charge is 2.13. The number of rotatable bonds is 2. The lowest BCUT2D eigenvalue weighted by atomic mass is 10.4. The van der Waals surface area contributed by atoms with Crippen molar-refractivity contribution in [3.63, 3.8) is 0 Å². The Bertz CT molecular complexity index is 105. The number of halogens is 1. The van der Waals surface area contributed by atoms with Crippen LogP contribution in [0.3, 0.4) is 0 Å². The highest BCUT2D eigenvalue weighted by molar-refractivity contribution is 5.65. The molecule has 0 saturated carbocycles. The summed E-state index contributed by atoms with van der Waals surface area (Å²) in [4.78, 5) is 10.8. The molecule has 0 aliphatic rings. The maximum Gasteiger partial charge on any atom is 0.409 e. The van der Waals surface area contributed by atoms with Crippen LogP contribution in [-0.4, -0.2) is 28.9 Å². The van der Waals surface area contributed by atoms with Crippen LogP contribution in [0, 0.1) is 0 Å². The van der Waals surface area contributed by atoms with Crippen LogP contribution in [0.25, 0.3) is 0 Å². The zero-order valence-corrected chi connectivity index (χ0v) is 5.47. The molecule has 0 radical (unpaired) electrons. The summed E-state index contributed by atoms with van der Waals surface area (Å²) in [6, 6.07) is -0.285. The molecule has 1 N–H and O–H groups in total. The monoisotopic (exact) mass is 135 g/mol. The Morgan fingerprint density at radius 1 is 1.78 bits per heavy atom. The Kier molecular flexibility index (Phi) is 2.98. The lowest BCUT2D eigenvalue weighted by molar-refractivity contribution is 0.106. The molecule has 9 heavy (non-hydrogen) atoms. The van der Waals surface area contributed by atoms with Gasteiger partial charge in [0.2, 0.25) is 0 Å². The van der Waals surface area contributed by atoms with Crippen molar-refractivity contribution in [2.75, 3.05) is 6.80 Å². The van der Waals surface area contributed by atoms with Crippen LogP contribution in [0.4, 0.5) is 9.18 Å². The maximum absolute atomic E-state index is 11.7. The lowest BCUT2D eigenvalue weighted by Crippen LogP contribution is -2.34. The van der Waals surface area contributed by atoms with Crippen molar-refractivity contribution >= 4 is 6.09 Å². The Balaban J connectivity index is 3.83. The smallest absolute Gasteiger partial charge is 0.409 e. The predicted molar refractivity (Wildman–Crippen MR) is 31.0 cm³/mol. The summed E-state index contributed by atoms with van der Waals surface area (Å²) in [7, 11) is 0. The van der Waals surface area contributed by atoms with E-state index in [1.54, 1.807) is 13.8 Å². The van der Waals surface area contributed by atoms with Crippen LogP contribution in [0.5, 0.6) is 0 Å². The van der Waals surface area contributed by atoms with Crippen molar-refractivity contribution in [1.82, 2.24) is 4.90 Å². The molecule has 0 aromatic heterocycles. The van der Waals surface area contributed by atoms with Gasteiger partial charge in [0.05, 0.1) is 0 Å². The second-order valence-electron chi connectivity index (χ2n) is 1.97. The molecule has 3 nitrogen and oxygen atoms in total. The SMILES string of the molecule is CC(C)N(CF)C(=O)O.